The van der Waals surface area contributed by atoms with Crippen molar-refractivity contribution in [3.8, 4) is 0 Å². The molecule has 17 heavy (non-hydrogen) atoms. The normalized spacial score (nSPS) is 10.5. The summed E-state index contributed by atoms with van der Waals surface area (Å²) in [7, 11) is 1.93. The maximum absolute atomic E-state index is 11.5. The number of benzene rings is 1. The van der Waals surface area contributed by atoms with E-state index in [0.717, 1.165) is 30.8 Å². The van der Waals surface area contributed by atoms with E-state index in [1.165, 1.54) is 0 Å². The number of hydrogen-bond acceptors (Lipinski definition) is 3. The molecular formula is C13H21N3O. The van der Waals surface area contributed by atoms with Crippen LogP contribution in [0.3, 0.4) is 0 Å². The molecule has 0 spiro atoms. The first-order chi connectivity index (χ1) is 8.11. The van der Waals surface area contributed by atoms with Crippen LogP contribution in [0.15, 0.2) is 24.3 Å². The van der Waals surface area contributed by atoms with Gasteiger partial charge in [0.25, 0.3) is 0 Å². The number of hydrogen-bond donors (Lipinski definition) is 2. The molecule has 4 nitrogen and oxygen atoms in total. The molecule has 0 fully saturated rings. The third kappa shape index (κ3) is 5.36. The molecule has 0 heterocycles. The van der Waals surface area contributed by atoms with Crippen molar-refractivity contribution in [2.45, 2.75) is 19.9 Å². The average Bonchev–Trinajstić information content (AvgIpc) is 2.29. The molecule has 1 aromatic rings. The van der Waals surface area contributed by atoms with E-state index in [1.54, 1.807) is 0 Å². The Hall–Kier alpha value is -1.55. The lowest BCUT2D eigenvalue weighted by Crippen LogP contribution is -2.35. The van der Waals surface area contributed by atoms with Gasteiger partial charge in [-0.1, -0.05) is 19.1 Å². The van der Waals surface area contributed by atoms with Crippen LogP contribution in [0.4, 0.5) is 5.69 Å². The Morgan fingerprint density at radius 1 is 1.35 bits per heavy atom. The molecular weight excluding hydrogens is 214 g/mol. The van der Waals surface area contributed by atoms with Crippen LogP contribution < -0.4 is 11.1 Å². The third-order valence-corrected chi connectivity index (χ3v) is 2.42. The van der Waals surface area contributed by atoms with E-state index in [1.807, 2.05) is 43.1 Å². The highest BCUT2D eigenvalue weighted by Crippen LogP contribution is 2.07. The summed E-state index contributed by atoms with van der Waals surface area (Å²) >= 11 is 0. The van der Waals surface area contributed by atoms with Crippen LogP contribution in [0, 0.1) is 0 Å². The van der Waals surface area contributed by atoms with Gasteiger partial charge in [-0.2, -0.15) is 0 Å². The molecule has 0 radical (unpaired) electrons. The van der Waals surface area contributed by atoms with E-state index >= 15 is 0 Å². The molecule has 1 amide bonds. The van der Waals surface area contributed by atoms with Crippen molar-refractivity contribution in [3.63, 3.8) is 0 Å². The molecule has 4 heteroatoms. The minimum atomic E-state index is 0.0739. The number of nitrogens with two attached hydrogens (primary N) is 1. The van der Waals surface area contributed by atoms with Gasteiger partial charge in [-0.3, -0.25) is 9.69 Å². The molecule has 1 rings (SSSR count). The molecule has 1 aromatic carbocycles. The monoisotopic (exact) mass is 235 g/mol. The SMILES string of the molecule is CCCNC(=O)CN(C)Cc1ccc(N)cc1. The first kappa shape index (κ1) is 13.5. The summed E-state index contributed by atoms with van der Waals surface area (Å²) < 4.78 is 0. The van der Waals surface area contributed by atoms with Gasteiger partial charge in [0.1, 0.15) is 0 Å². The van der Waals surface area contributed by atoms with Gasteiger partial charge in [0, 0.05) is 18.8 Å². The average molecular weight is 235 g/mol. The van der Waals surface area contributed by atoms with Crippen LogP contribution in [-0.2, 0) is 11.3 Å². The lowest BCUT2D eigenvalue weighted by molar-refractivity contribution is -0.122. The van der Waals surface area contributed by atoms with Gasteiger partial charge in [-0.25, -0.2) is 0 Å². The standard InChI is InChI=1S/C13H21N3O/c1-3-8-15-13(17)10-16(2)9-11-4-6-12(14)7-5-11/h4-7H,3,8-10,14H2,1-2H3,(H,15,17). The second kappa shape index (κ2) is 6.91. The Morgan fingerprint density at radius 3 is 2.59 bits per heavy atom. The summed E-state index contributed by atoms with van der Waals surface area (Å²) in [4.78, 5) is 13.5. The topological polar surface area (TPSA) is 58.4 Å². The highest BCUT2D eigenvalue weighted by atomic mass is 16.2. The second-order valence-electron chi connectivity index (χ2n) is 4.26. The molecule has 3 N–H and O–H groups in total. The van der Waals surface area contributed by atoms with Crippen LogP contribution in [-0.4, -0.2) is 30.9 Å². The first-order valence-electron chi connectivity index (χ1n) is 5.91. The quantitative estimate of drug-likeness (QED) is 0.729. The van der Waals surface area contributed by atoms with E-state index in [4.69, 9.17) is 5.73 Å². The summed E-state index contributed by atoms with van der Waals surface area (Å²) in [6.07, 6.45) is 0.966. The van der Waals surface area contributed by atoms with Crippen molar-refractivity contribution in [3.05, 3.63) is 29.8 Å². The predicted octanol–water partition coefficient (Wildman–Crippen LogP) is 1.23. The van der Waals surface area contributed by atoms with Crippen molar-refractivity contribution in [1.82, 2.24) is 10.2 Å². The van der Waals surface area contributed by atoms with Gasteiger partial charge in [0.2, 0.25) is 5.91 Å². The van der Waals surface area contributed by atoms with Crippen molar-refractivity contribution < 1.29 is 4.79 Å². The summed E-state index contributed by atoms with van der Waals surface area (Å²) in [6.45, 7) is 3.96. The number of carbonyl (C=O) groups excluding carboxylic acids is 1. The maximum atomic E-state index is 11.5. The fraction of sp³-hybridized carbons (Fsp3) is 0.462. The molecule has 0 saturated heterocycles. The van der Waals surface area contributed by atoms with Crippen molar-refractivity contribution in [2.75, 3.05) is 25.9 Å². The van der Waals surface area contributed by atoms with Crippen LogP contribution >= 0.6 is 0 Å². The van der Waals surface area contributed by atoms with Gasteiger partial charge >= 0.3 is 0 Å². The predicted molar refractivity (Wildman–Crippen MR) is 70.5 cm³/mol. The van der Waals surface area contributed by atoms with E-state index in [-0.39, 0.29) is 5.91 Å². The fourth-order valence-electron chi connectivity index (χ4n) is 1.56. The zero-order chi connectivity index (χ0) is 12.7. The van der Waals surface area contributed by atoms with Gasteiger partial charge in [0.15, 0.2) is 0 Å². The Labute approximate surface area is 103 Å². The van der Waals surface area contributed by atoms with Crippen LogP contribution in [0.25, 0.3) is 0 Å². The number of nitrogen functional groups attached to an aromatic ring is 1. The van der Waals surface area contributed by atoms with E-state index in [9.17, 15) is 4.79 Å². The molecule has 0 saturated carbocycles. The van der Waals surface area contributed by atoms with E-state index in [2.05, 4.69) is 5.32 Å². The summed E-state index contributed by atoms with van der Waals surface area (Å²) in [6, 6.07) is 7.71. The van der Waals surface area contributed by atoms with Crippen molar-refractivity contribution in [2.24, 2.45) is 0 Å². The Morgan fingerprint density at radius 2 is 2.00 bits per heavy atom. The summed E-state index contributed by atoms with van der Waals surface area (Å²) in [5.74, 6) is 0.0739. The fourth-order valence-corrected chi connectivity index (χ4v) is 1.56. The molecule has 0 aliphatic rings. The Balaban J connectivity index is 2.36. The number of likely N-dealkylation sites (N-methyl/N-ethyl adjacent to an activating group) is 1. The molecule has 0 aliphatic heterocycles. The van der Waals surface area contributed by atoms with Crippen molar-refractivity contribution >= 4 is 11.6 Å². The number of nitrogens with one attached hydrogen (secondary N) is 1. The lowest BCUT2D eigenvalue weighted by atomic mass is 10.2. The molecule has 0 bridgehead atoms. The summed E-state index contributed by atoms with van der Waals surface area (Å²) in [5, 5.41) is 2.86. The first-order valence-corrected chi connectivity index (χ1v) is 5.91. The smallest absolute Gasteiger partial charge is 0.234 e. The van der Waals surface area contributed by atoms with Gasteiger partial charge in [-0.05, 0) is 31.2 Å². The number of anilines is 1. The van der Waals surface area contributed by atoms with Crippen LogP contribution in [0.1, 0.15) is 18.9 Å². The highest BCUT2D eigenvalue weighted by Gasteiger charge is 2.06. The minimum absolute atomic E-state index is 0.0739. The second-order valence-corrected chi connectivity index (χ2v) is 4.26. The Bertz CT molecular complexity index is 348. The van der Waals surface area contributed by atoms with Crippen LogP contribution in [0.2, 0.25) is 0 Å². The third-order valence-electron chi connectivity index (χ3n) is 2.42. The zero-order valence-electron chi connectivity index (χ0n) is 10.6. The largest absolute Gasteiger partial charge is 0.399 e. The molecule has 0 aliphatic carbocycles. The van der Waals surface area contributed by atoms with Crippen molar-refractivity contribution in [1.29, 1.82) is 0 Å². The number of nitrogens with zero attached hydrogens (tertiary/aromatic N) is 1. The Kier molecular flexibility index (Phi) is 5.49. The van der Waals surface area contributed by atoms with Gasteiger partial charge in [-0.15, -0.1) is 0 Å². The zero-order valence-corrected chi connectivity index (χ0v) is 10.6. The maximum Gasteiger partial charge on any atom is 0.234 e. The number of carbonyl (C=O) groups is 1. The molecule has 0 aromatic heterocycles. The van der Waals surface area contributed by atoms with E-state index < -0.39 is 0 Å². The van der Waals surface area contributed by atoms with Gasteiger partial charge < -0.3 is 11.1 Å². The molecule has 0 atom stereocenters. The molecule has 94 valence electrons. The van der Waals surface area contributed by atoms with Gasteiger partial charge in [0.05, 0.1) is 6.54 Å². The summed E-state index contributed by atoms with van der Waals surface area (Å²) in [5.41, 5.74) is 7.53. The highest BCUT2D eigenvalue weighted by molar-refractivity contribution is 5.77. The molecule has 0 unspecified atom stereocenters. The van der Waals surface area contributed by atoms with Crippen LogP contribution in [0.5, 0.6) is 0 Å². The number of rotatable bonds is 6. The number of amides is 1. The lowest BCUT2D eigenvalue weighted by Gasteiger charge is -2.16. The van der Waals surface area contributed by atoms with E-state index in [0.29, 0.717) is 6.54 Å². The minimum Gasteiger partial charge on any atom is -0.399 e.